The molecule has 2 unspecified atom stereocenters. The minimum atomic E-state index is -0.965. The van der Waals surface area contributed by atoms with Gasteiger partial charge in [0.2, 0.25) is 5.24 Å². The van der Waals surface area contributed by atoms with Crippen LogP contribution >= 0.6 is 23.2 Å². The van der Waals surface area contributed by atoms with Crippen LogP contribution in [0.3, 0.4) is 0 Å². The molecule has 3 aromatic carbocycles. The number of carbonyl (C=O) groups excluding carboxylic acids is 1. The summed E-state index contributed by atoms with van der Waals surface area (Å²) >= 11 is 13.2. The number of alkyl halides is 1. The van der Waals surface area contributed by atoms with E-state index in [1.807, 2.05) is 0 Å². The average Bonchev–Trinajstić information content (AvgIpc) is 3.06. The number of allylic oxidation sites excluding steroid dienone is 2. The summed E-state index contributed by atoms with van der Waals surface area (Å²) in [4.78, 5) is 11.2. The van der Waals surface area contributed by atoms with Crippen LogP contribution in [0.5, 0.6) is 0 Å². The molecule has 5 heteroatoms. The molecular formula is C39H50Cl2O3. The van der Waals surface area contributed by atoms with Crippen molar-refractivity contribution in [3.8, 4) is 0 Å². The van der Waals surface area contributed by atoms with Gasteiger partial charge in [0.05, 0.1) is 5.41 Å². The molecule has 0 aliphatic heterocycles. The van der Waals surface area contributed by atoms with Crippen molar-refractivity contribution in [1.82, 2.24) is 0 Å². The van der Waals surface area contributed by atoms with E-state index in [4.69, 9.17) is 32.7 Å². The predicted molar refractivity (Wildman–Crippen MR) is 186 cm³/mol. The molecule has 3 nitrogen and oxygen atoms in total. The van der Waals surface area contributed by atoms with Crippen LogP contribution in [0.4, 0.5) is 0 Å². The van der Waals surface area contributed by atoms with Gasteiger partial charge < -0.3 is 9.47 Å². The lowest BCUT2D eigenvalue weighted by molar-refractivity contribution is -0.121. The van der Waals surface area contributed by atoms with Crippen molar-refractivity contribution < 1.29 is 14.3 Å². The number of carbonyl (C=O) groups is 1. The van der Waals surface area contributed by atoms with E-state index >= 15 is 0 Å². The molecule has 0 bridgehead atoms. The third kappa shape index (κ3) is 10.0. The third-order valence-electron chi connectivity index (χ3n) is 8.66. The van der Waals surface area contributed by atoms with E-state index in [-0.39, 0.29) is 0 Å². The highest BCUT2D eigenvalue weighted by atomic mass is 35.5. The van der Waals surface area contributed by atoms with Gasteiger partial charge >= 0.3 is 0 Å². The highest BCUT2D eigenvalue weighted by Crippen LogP contribution is 2.53. The first-order valence-electron chi connectivity index (χ1n) is 16.3. The summed E-state index contributed by atoms with van der Waals surface area (Å²) in [6.45, 7) is 0. The topological polar surface area (TPSA) is 35.5 Å². The molecule has 3 aromatic rings. The molecule has 44 heavy (non-hydrogen) atoms. The van der Waals surface area contributed by atoms with E-state index in [0.717, 1.165) is 61.6 Å². The van der Waals surface area contributed by atoms with Crippen LogP contribution in [0, 0.1) is 0 Å². The Hall–Kier alpha value is -2.43. The van der Waals surface area contributed by atoms with Crippen molar-refractivity contribution in [2.24, 2.45) is 0 Å². The molecule has 0 aliphatic carbocycles. The highest BCUT2D eigenvalue weighted by molar-refractivity contribution is 6.64. The van der Waals surface area contributed by atoms with Crippen LogP contribution in [0.2, 0.25) is 0 Å². The van der Waals surface area contributed by atoms with Gasteiger partial charge in [-0.3, -0.25) is 4.79 Å². The minimum absolute atomic E-state index is 0.395. The van der Waals surface area contributed by atoms with Gasteiger partial charge in [-0.15, -0.1) is 0 Å². The van der Waals surface area contributed by atoms with Crippen LogP contribution in [0.15, 0.2) is 103 Å². The van der Waals surface area contributed by atoms with Gasteiger partial charge in [-0.1, -0.05) is 153 Å². The van der Waals surface area contributed by atoms with Gasteiger partial charge in [0.15, 0.2) is 5.06 Å². The molecule has 0 saturated heterocycles. The van der Waals surface area contributed by atoms with Crippen molar-refractivity contribution in [3.63, 3.8) is 0 Å². The van der Waals surface area contributed by atoms with E-state index < -0.39 is 21.8 Å². The standard InChI is InChI=1S/C39H50Cl2O3/c1-43-36(37(40)42)31-23-12-10-8-6-4-3-5-7-9-11-13-24-32-38(41,44-2)39(33-25-17-14-18-26-33,34-27-19-15-20-28-34)35-29-21-16-22-30-35/h3-4,14-22,25-30,36H,5-13,23-24,31-32H2,1-2H3. The van der Waals surface area contributed by atoms with E-state index in [0.29, 0.717) is 6.42 Å². The van der Waals surface area contributed by atoms with Gasteiger partial charge in [0.1, 0.15) is 6.10 Å². The second-order valence-corrected chi connectivity index (χ2v) is 12.6. The zero-order valence-electron chi connectivity index (χ0n) is 26.6. The zero-order valence-corrected chi connectivity index (χ0v) is 28.1. The summed E-state index contributed by atoms with van der Waals surface area (Å²) in [5.41, 5.74) is 2.71. The Morgan fingerprint density at radius 1 is 0.659 bits per heavy atom. The van der Waals surface area contributed by atoms with Gasteiger partial charge in [0, 0.05) is 14.2 Å². The quantitative estimate of drug-likeness (QED) is 0.0362. The van der Waals surface area contributed by atoms with Crippen LogP contribution in [0.1, 0.15) is 100 Å². The maximum absolute atomic E-state index is 11.2. The number of rotatable bonds is 22. The lowest BCUT2D eigenvalue weighted by Gasteiger charge is -2.47. The fourth-order valence-corrected chi connectivity index (χ4v) is 6.96. The lowest BCUT2D eigenvalue weighted by Crippen LogP contribution is -2.51. The maximum atomic E-state index is 11.2. The Balaban J connectivity index is 1.48. The van der Waals surface area contributed by atoms with Gasteiger partial charge in [-0.2, -0.15) is 0 Å². The first-order valence-corrected chi connectivity index (χ1v) is 17.0. The van der Waals surface area contributed by atoms with Crippen molar-refractivity contribution in [3.05, 3.63) is 120 Å². The number of unbranched alkanes of at least 4 members (excludes halogenated alkanes) is 9. The molecule has 0 aliphatic rings. The molecule has 3 rings (SSSR count). The normalized spacial score (nSPS) is 14.0. The molecule has 0 aromatic heterocycles. The molecule has 2 atom stereocenters. The summed E-state index contributed by atoms with van der Waals surface area (Å²) in [5.74, 6) is 0. The second kappa shape index (κ2) is 19.9. The zero-order chi connectivity index (χ0) is 31.5. The summed E-state index contributed by atoms with van der Waals surface area (Å²) in [6, 6.07) is 31.7. The van der Waals surface area contributed by atoms with Gasteiger partial charge in [0.25, 0.3) is 0 Å². The lowest BCUT2D eigenvalue weighted by atomic mass is 9.64. The Morgan fingerprint density at radius 2 is 1.07 bits per heavy atom. The Kier molecular flexibility index (Phi) is 16.3. The van der Waals surface area contributed by atoms with E-state index in [1.165, 1.54) is 39.2 Å². The first-order chi connectivity index (χ1) is 21.5. The third-order valence-corrected chi connectivity index (χ3v) is 9.53. The largest absolute Gasteiger partial charge is 0.372 e. The summed E-state index contributed by atoms with van der Waals surface area (Å²) in [5, 5.41) is -1.36. The number of methoxy groups -OCH3 is 2. The Morgan fingerprint density at radius 3 is 1.48 bits per heavy atom. The number of ether oxygens (including phenoxy) is 2. The van der Waals surface area contributed by atoms with Crippen molar-refractivity contribution >= 4 is 28.4 Å². The summed E-state index contributed by atoms with van der Waals surface area (Å²) < 4.78 is 11.4. The molecule has 238 valence electrons. The molecule has 0 amide bonds. The molecule has 0 radical (unpaired) electrons. The molecule has 0 N–H and O–H groups in total. The number of hydrogen-bond acceptors (Lipinski definition) is 3. The Labute approximate surface area is 276 Å². The molecule has 0 saturated carbocycles. The van der Waals surface area contributed by atoms with Crippen molar-refractivity contribution in [1.29, 1.82) is 0 Å². The van der Waals surface area contributed by atoms with Crippen LogP contribution in [-0.4, -0.2) is 30.6 Å². The first kappa shape index (κ1) is 36.0. The number of hydrogen-bond donors (Lipinski definition) is 0. The Bertz CT molecular complexity index is 1120. The monoisotopic (exact) mass is 636 g/mol. The molecule has 0 heterocycles. The summed E-state index contributed by atoms with van der Waals surface area (Å²) in [6.07, 6.45) is 18.0. The minimum Gasteiger partial charge on any atom is -0.372 e. The summed E-state index contributed by atoms with van der Waals surface area (Å²) in [7, 11) is 3.29. The second-order valence-electron chi connectivity index (χ2n) is 11.6. The van der Waals surface area contributed by atoms with Crippen LogP contribution in [0.25, 0.3) is 0 Å². The molecule has 0 spiro atoms. The molecular weight excluding hydrogens is 587 g/mol. The number of benzene rings is 3. The van der Waals surface area contributed by atoms with E-state index in [1.54, 1.807) is 7.11 Å². The fraction of sp³-hybridized carbons (Fsp3) is 0.462. The van der Waals surface area contributed by atoms with Crippen molar-refractivity contribution in [2.75, 3.05) is 14.2 Å². The number of halogens is 2. The van der Waals surface area contributed by atoms with Crippen LogP contribution < -0.4 is 0 Å². The highest BCUT2D eigenvalue weighted by Gasteiger charge is 2.54. The van der Waals surface area contributed by atoms with Crippen LogP contribution in [-0.2, 0) is 19.7 Å². The van der Waals surface area contributed by atoms with Gasteiger partial charge in [-0.25, -0.2) is 0 Å². The SMILES string of the molecule is COC(CCCCCCC=CCCCCCCCC(Cl)(OC)C(c1ccccc1)(c1ccccc1)c1ccccc1)C(=O)Cl. The van der Waals surface area contributed by atoms with E-state index in [2.05, 4.69) is 103 Å². The van der Waals surface area contributed by atoms with Gasteiger partial charge in [-0.05, 0) is 73.2 Å². The maximum Gasteiger partial charge on any atom is 0.250 e. The molecule has 0 fully saturated rings. The predicted octanol–water partition coefficient (Wildman–Crippen LogP) is 11.0. The van der Waals surface area contributed by atoms with E-state index in [9.17, 15) is 4.79 Å². The average molecular weight is 638 g/mol. The smallest absolute Gasteiger partial charge is 0.250 e. The van der Waals surface area contributed by atoms with Crippen molar-refractivity contribution in [2.45, 2.75) is 100 Å². The fourth-order valence-electron chi connectivity index (χ4n) is 6.30.